The molecule has 110 valence electrons. The van der Waals surface area contributed by atoms with E-state index in [1.807, 2.05) is 12.1 Å². The van der Waals surface area contributed by atoms with Crippen molar-refractivity contribution in [2.45, 2.75) is 45.3 Å². The van der Waals surface area contributed by atoms with Crippen molar-refractivity contribution in [3.8, 4) is 0 Å². The van der Waals surface area contributed by atoms with Crippen LogP contribution in [0.1, 0.15) is 42.6 Å². The summed E-state index contributed by atoms with van der Waals surface area (Å²) >= 11 is 0. The largest absolute Gasteiger partial charge is 0.478 e. The van der Waals surface area contributed by atoms with Gasteiger partial charge in [-0.2, -0.15) is 0 Å². The van der Waals surface area contributed by atoms with E-state index in [1.165, 1.54) is 5.56 Å². The summed E-state index contributed by atoms with van der Waals surface area (Å²) in [4.78, 5) is 13.4. The summed E-state index contributed by atoms with van der Waals surface area (Å²) in [5.74, 6) is -0.865. The number of piperazine rings is 1. The first-order chi connectivity index (χ1) is 9.63. The third kappa shape index (κ3) is 3.58. The summed E-state index contributed by atoms with van der Waals surface area (Å²) in [7, 11) is 0. The van der Waals surface area contributed by atoms with Gasteiger partial charge in [-0.05, 0) is 30.5 Å². The Labute approximate surface area is 120 Å². The van der Waals surface area contributed by atoms with Crippen LogP contribution in [0.4, 0.5) is 0 Å². The molecule has 1 aromatic carbocycles. The number of carbonyl (C=O) groups is 1. The van der Waals surface area contributed by atoms with Gasteiger partial charge in [-0.15, -0.1) is 0 Å². The summed E-state index contributed by atoms with van der Waals surface area (Å²) in [5, 5.41) is 12.5. The Kier molecular flexibility index (Phi) is 5.15. The maximum atomic E-state index is 10.9. The summed E-state index contributed by atoms with van der Waals surface area (Å²) in [6.07, 6.45) is 2.28. The minimum absolute atomic E-state index is 0.354. The first-order valence-electron chi connectivity index (χ1n) is 7.43. The van der Waals surface area contributed by atoms with Gasteiger partial charge in [0.2, 0.25) is 0 Å². The fourth-order valence-corrected chi connectivity index (χ4v) is 2.79. The number of carboxylic acids is 1. The van der Waals surface area contributed by atoms with E-state index in [1.54, 1.807) is 12.1 Å². The number of hydrogen-bond acceptors (Lipinski definition) is 3. The maximum absolute atomic E-state index is 10.9. The lowest BCUT2D eigenvalue weighted by Gasteiger charge is -2.40. The molecule has 0 saturated carbocycles. The van der Waals surface area contributed by atoms with Crippen molar-refractivity contribution in [1.82, 2.24) is 10.2 Å². The van der Waals surface area contributed by atoms with Crippen molar-refractivity contribution in [3.63, 3.8) is 0 Å². The molecule has 1 saturated heterocycles. The second kappa shape index (κ2) is 6.86. The molecule has 4 nitrogen and oxygen atoms in total. The average molecular weight is 276 g/mol. The van der Waals surface area contributed by atoms with Crippen LogP contribution in [0.5, 0.6) is 0 Å². The van der Waals surface area contributed by atoms with Crippen molar-refractivity contribution in [2.75, 3.05) is 13.1 Å². The Hall–Kier alpha value is -1.39. The highest BCUT2D eigenvalue weighted by molar-refractivity contribution is 5.87. The summed E-state index contributed by atoms with van der Waals surface area (Å²) in [5.41, 5.74) is 1.54. The van der Waals surface area contributed by atoms with Crippen LogP contribution in [-0.2, 0) is 6.54 Å². The molecule has 0 bridgehead atoms. The van der Waals surface area contributed by atoms with Crippen LogP contribution in [0.15, 0.2) is 24.3 Å². The normalized spacial score (nSPS) is 23.7. The second-order valence-corrected chi connectivity index (χ2v) is 5.51. The van der Waals surface area contributed by atoms with Crippen LogP contribution >= 0.6 is 0 Å². The van der Waals surface area contributed by atoms with Gasteiger partial charge in [-0.1, -0.05) is 26.0 Å². The lowest BCUT2D eigenvalue weighted by Crippen LogP contribution is -2.55. The van der Waals surface area contributed by atoms with E-state index in [2.05, 4.69) is 24.1 Å². The maximum Gasteiger partial charge on any atom is 0.335 e. The molecule has 2 unspecified atom stereocenters. The monoisotopic (exact) mass is 276 g/mol. The second-order valence-electron chi connectivity index (χ2n) is 5.51. The Morgan fingerprint density at radius 1 is 1.30 bits per heavy atom. The third-order valence-corrected chi connectivity index (χ3v) is 4.16. The van der Waals surface area contributed by atoms with E-state index in [-0.39, 0.29) is 0 Å². The minimum Gasteiger partial charge on any atom is -0.478 e. The molecular weight excluding hydrogens is 252 g/mol. The minimum atomic E-state index is -0.865. The highest BCUT2D eigenvalue weighted by Gasteiger charge is 2.25. The predicted octanol–water partition coefficient (Wildman–Crippen LogP) is 2.35. The standard InChI is InChI=1S/C16H24N2O2/c1-3-14-11-18(15(4-2)9-17-14)10-12-5-7-13(8-6-12)16(19)20/h5-8,14-15,17H,3-4,9-11H2,1-2H3,(H,19,20). The van der Waals surface area contributed by atoms with Gasteiger partial charge in [0.05, 0.1) is 5.56 Å². The van der Waals surface area contributed by atoms with Crippen LogP contribution in [0.2, 0.25) is 0 Å². The Morgan fingerprint density at radius 3 is 2.55 bits per heavy atom. The Bertz CT molecular complexity index is 444. The van der Waals surface area contributed by atoms with Crippen molar-refractivity contribution in [2.24, 2.45) is 0 Å². The SMILES string of the molecule is CCC1CN(Cc2ccc(C(=O)O)cc2)C(CC)CN1. The first kappa shape index (κ1) is 15.0. The summed E-state index contributed by atoms with van der Waals surface area (Å²) < 4.78 is 0. The quantitative estimate of drug-likeness (QED) is 0.867. The molecule has 0 aliphatic carbocycles. The van der Waals surface area contributed by atoms with Gasteiger partial charge in [0.25, 0.3) is 0 Å². The van der Waals surface area contributed by atoms with Crippen molar-refractivity contribution in [3.05, 3.63) is 35.4 Å². The molecule has 0 aromatic heterocycles. The van der Waals surface area contributed by atoms with Gasteiger partial charge in [0.15, 0.2) is 0 Å². The molecule has 2 atom stereocenters. The molecule has 20 heavy (non-hydrogen) atoms. The van der Waals surface area contributed by atoms with Gasteiger partial charge in [0.1, 0.15) is 0 Å². The van der Waals surface area contributed by atoms with Crippen molar-refractivity contribution in [1.29, 1.82) is 0 Å². The molecule has 0 radical (unpaired) electrons. The molecule has 1 heterocycles. The number of nitrogens with zero attached hydrogens (tertiary/aromatic N) is 1. The molecule has 0 amide bonds. The van der Waals surface area contributed by atoms with Crippen LogP contribution in [0.25, 0.3) is 0 Å². The average Bonchev–Trinajstić information content (AvgIpc) is 2.47. The Balaban J connectivity index is 2.03. The lowest BCUT2D eigenvalue weighted by atomic mass is 10.0. The van der Waals surface area contributed by atoms with E-state index in [0.717, 1.165) is 32.5 Å². The fraction of sp³-hybridized carbons (Fsp3) is 0.562. The molecule has 2 rings (SSSR count). The number of carboxylic acid groups (broad SMARTS) is 1. The van der Waals surface area contributed by atoms with Gasteiger partial charge < -0.3 is 10.4 Å². The summed E-state index contributed by atoms with van der Waals surface area (Å²) in [6, 6.07) is 8.38. The fourth-order valence-electron chi connectivity index (χ4n) is 2.79. The van der Waals surface area contributed by atoms with Crippen LogP contribution in [-0.4, -0.2) is 41.1 Å². The molecular formula is C16H24N2O2. The van der Waals surface area contributed by atoms with Gasteiger partial charge in [-0.3, -0.25) is 4.90 Å². The van der Waals surface area contributed by atoms with Gasteiger partial charge in [0, 0.05) is 31.7 Å². The molecule has 0 spiro atoms. The smallest absolute Gasteiger partial charge is 0.335 e. The van der Waals surface area contributed by atoms with Crippen LogP contribution in [0, 0.1) is 0 Å². The number of aromatic carboxylic acids is 1. The van der Waals surface area contributed by atoms with E-state index in [0.29, 0.717) is 17.6 Å². The van der Waals surface area contributed by atoms with Crippen molar-refractivity contribution >= 4 is 5.97 Å². The molecule has 1 aliphatic heterocycles. The lowest BCUT2D eigenvalue weighted by molar-refractivity contribution is 0.0697. The zero-order valence-corrected chi connectivity index (χ0v) is 12.3. The number of rotatable bonds is 5. The third-order valence-electron chi connectivity index (χ3n) is 4.16. The molecule has 1 aliphatic rings. The topological polar surface area (TPSA) is 52.6 Å². The van der Waals surface area contributed by atoms with Crippen LogP contribution < -0.4 is 5.32 Å². The highest BCUT2D eigenvalue weighted by atomic mass is 16.4. The van der Waals surface area contributed by atoms with E-state index < -0.39 is 5.97 Å². The van der Waals surface area contributed by atoms with Crippen molar-refractivity contribution < 1.29 is 9.90 Å². The highest BCUT2D eigenvalue weighted by Crippen LogP contribution is 2.16. The zero-order chi connectivity index (χ0) is 14.5. The number of hydrogen-bond donors (Lipinski definition) is 2. The zero-order valence-electron chi connectivity index (χ0n) is 12.3. The number of benzene rings is 1. The van der Waals surface area contributed by atoms with E-state index in [4.69, 9.17) is 5.11 Å². The molecule has 2 N–H and O–H groups in total. The first-order valence-corrected chi connectivity index (χ1v) is 7.43. The van der Waals surface area contributed by atoms with E-state index in [9.17, 15) is 4.79 Å². The van der Waals surface area contributed by atoms with Gasteiger partial charge in [-0.25, -0.2) is 4.79 Å². The van der Waals surface area contributed by atoms with Crippen LogP contribution in [0.3, 0.4) is 0 Å². The molecule has 1 fully saturated rings. The molecule has 4 heteroatoms. The number of nitrogens with one attached hydrogen (secondary N) is 1. The summed E-state index contributed by atoms with van der Waals surface area (Å²) in [6.45, 7) is 7.44. The predicted molar refractivity (Wildman–Crippen MR) is 80.0 cm³/mol. The molecule has 1 aromatic rings. The van der Waals surface area contributed by atoms with Gasteiger partial charge >= 0.3 is 5.97 Å². The Morgan fingerprint density at radius 2 is 2.00 bits per heavy atom. The van der Waals surface area contributed by atoms with E-state index >= 15 is 0 Å².